The lowest BCUT2D eigenvalue weighted by atomic mass is 10.1. The van der Waals surface area contributed by atoms with Gasteiger partial charge in [-0.15, -0.1) is 0 Å². The van der Waals surface area contributed by atoms with Gasteiger partial charge >= 0.3 is 5.97 Å². The highest BCUT2D eigenvalue weighted by Crippen LogP contribution is 2.19. The maximum atomic E-state index is 12.7. The Morgan fingerprint density at radius 2 is 1.67 bits per heavy atom. The molecule has 0 spiro atoms. The minimum absolute atomic E-state index is 0.0145. The van der Waals surface area contributed by atoms with Crippen molar-refractivity contribution in [2.24, 2.45) is 0 Å². The van der Waals surface area contributed by atoms with E-state index in [2.05, 4.69) is 16.0 Å². The van der Waals surface area contributed by atoms with Gasteiger partial charge in [-0.3, -0.25) is 14.4 Å². The maximum Gasteiger partial charge on any atom is 0.326 e. The number of hydrogen-bond acceptors (Lipinski definition) is 6. The molecule has 0 bridgehead atoms. The summed E-state index contributed by atoms with van der Waals surface area (Å²) in [4.78, 5) is 49.4. The number of carbonyl (C=O) groups is 4. The van der Waals surface area contributed by atoms with Crippen molar-refractivity contribution in [3.63, 3.8) is 0 Å². The zero-order chi connectivity index (χ0) is 23.8. The van der Waals surface area contributed by atoms with Crippen molar-refractivity contribution in [2.45, 2.75) is 31.0 Å². The monoisotopic (exact) mass is 455 g/mol. The summed E-state index contributed by atoms with van der Waals surface area (Å²) in [6.07, 6.45) is -0.227. The number of aliphatic hydroxyl groups is 1. The Kier molecular flexibility index (Phi) is 7.98. The number of rotatable bonds is 4. The second-order valence-electron chi connectivity index (χ2n) is 7.57. The van der Waals surface area contributed by atoms with Crippen LogP contribution in [0.25, 0.3) is 0 Å². The molecule has 0 aliphatic carbocycles. The lowest BCUT2D eigenvalue weighted by molar-refractivity contribution is -0.141. The highest BCUT2D eigenvalue weighted by Gasteiger charge is 2.29. The molecule has 3 amide bonds. The molecule has 1 aliphatic rings. The number of aliphatic carboxylic acids is 1. The third-order valence-electron chi connectivity index (χ3n) is 5.07. The van der Waals surface area contributed by atoms with E-state index in [4.69, 9.17) is 4.74 Å². The average Bonchev–Trinajstić information content (AvgIpc) is 2.80. The van der Waals surface area contributed by atoms with Gasteiger partial charge in [-0.1, -0.05) is 42.5 Å². The number of para-hydroxylation sites is 1. The summed E-state index contributed by atoms with van der Waals surface area (Å²) >= 11 is 0. The van der Waals surface area contributed by atoms with Crippen LogP contribution >= 0.6 is 0 Å². The molecule has 33 heavy (non-hydrogen) atoms. The zero-order valence-electron chi connectivity index (χ0n) is 17.7. The third kappa shape index (κ3) is 6.53. The molecule has 0 saturated heterocycles. The largest absolute Gasteiger partial charge is 0.491 e. The average molecular weight is 455 g/mol. The van der Waals surface area contributed by atoms with Gasteiger partial charge in [-0.05, 0) is 24.1 Å². The van der Waals surface area contributed by atoms with Crippen LogP contribution in [0, 0.1) is 0 Å². The Hall–Kier alpha value is -3.92. The van der Waals surface area contributed by atoms with Crippen LogP contribution in [0.15, 0.2) is 54.6 Å². The standard InChI is InChI=1S/C23H25N3O7/c27-12-18-22(30)24-15(10-14-6-2-1-3-7-14)13-33-19-9-5-4-8-16(19)21(29)26-17(23(31)32)11-20(28)25-18/h1-9,15,17-18,27H,10-13H2,(H,24,30)(H,25,28)(H,26,29)(H,31,32)/t15-,17+,18+/m1/s1. The summed E-state index contributed by atoms with van der Waals surface area (Å²) in [6, 6.07) is 12.3. The fourth-order valence-electron chi connectivity index (χ4n) is 3.39. The Labute approximate surface area is 189 Å². The fraction of sp³-hybridized carbons (Fsp3) is 0.304. The van der Waals surface area contributed by atoms with Crippen LogP contribution in [0.5, 0.6) is 5.75 Å². The third-order valence-corrected chi connectivity index (χ3v) is 5.07. The predicted octanol–water partition coefficient (Wildman–Crippen LogP) is -0.143. The molecular weight excluding hydrogens is 430 g/mol. The highest BCUT2D eigenvalue weighted by atomic mass is 16.5. The highest BCUT2D eigenvalue weighted by molar-refractivity contribution is 6.00. The van der Waals surface area contributed by atoms with Crippen LogP contribution in [0.1, 0.15) is 22.3 Å². The molecule has 3 atom stereocenters. The van der Waals surface area contributed by atoms with Crippen molar-refractivity contribution >= 4 is 23.7 Å². The summed E-state index contributed by atoms with van der Waals surface area (Å²) < 4.78 is 5.85. The molecule has 2 aromatic rings. The number of carboxylic acids is 1. The summed E-state index contributed by atoms with van der Waals surface area (Å²) in [6.45, 7) is -0.706. The lowest BCUT2D eigenvalue weighted by Gasteiger charge is -2.25. The van der Waals surface area contributed by atoms with Gasteiger partial charge in [-0.2, -0.15) is 0 Å². The maximum absolute atomic E-state index is 12.7. The van der Waals surface area contributed by atoms with E-state index < -0.39 is 54.8 Å². The molecular formula is C23H25N3O7. The summed E-state index contributed by atoms with van der Waals surface area (Å²) in [7, 11) is 0. The number of carbonyl (C=O) groups excluding carboxylic acids is 3. The van der Waals surface area contributed by atoms with Crippen molar-refractivity contribution in [1.29, 1.82) is 0 Å². The molecule has 10 heteroatoms. The molecule has 1 heterocycles. The molecule has 0 fully saturated rings. The second kappa shape index (κ2) is 11.1. The first-order chi connectivity index (χ1) is 15.9. The second-order valence-corrected chi connectivity index (χ2v) is 7.57. The molecule has 0 saturated carbocycles. The van der Waals surface area contributed by atoms with E-state index in [1.165, 1.54) is 6.07 Å². The van der Waals surface area contributed by atoms with Crippen molar-refractivity contribution in [2.75, 3.05) is 13.2 Å². The van der Waals surface area contributed by atoms with E-state index in [-0.39, 0.29) is 17.9 Å². The lowest BCUT2D eigenvalue weighted by Crippen LogP contribution is -2.54. The summed E-state index contributed by atoms with van der Waals surface area (Å²) in [5, 5.41) is 26.4. The molecule has 0 aromatic heterocycles. The molecule has 10 nitrogen and oxygen atoms in total. The molecule has 2 aromatic carbocycles. The first-order valence-corrected chi connectivity index (χ1v) is 10.4. The number of hydrogen-bond donors (Lipinski definition) is 5. The van der Waals surface area contributed by atoms with Crippen molar-refractivity contribution in [1.82, 2.24) is 16.0 Å². The fourth-order valence-corrected chi connectivity index (χ4v) is 3.39. The van der Waals surface area contributed by atoms with E-state index in [1.807, 2.05) is 30.3 Å². The van der Waals surface area contributed by atoms with E-state index >= 15 is 0 Å². The van der Waals surface area contributed by atoms with Gasteiger partial charge in [0, 0.05) is 0 Å². The normalized spacial score (nSPS) is 22.0. The smallest absolute Gasteiger partial charge is 0.326 e. The number of fused-ring (bicyclic) bond motifs is 1. The number of aliphatic hydroxyl groups excluding tert-OH is 1. The zero-order valence-corrected chi connectivity index (χ0v) is 17.7. The Morgan fingerprint density at radius 3 is 2.36 bits per heavy atom. The first kappa shape index (κ1) is 23.7. The van der Waals surface area contributed by atoms with Crippen LogP contribution in [0.3, 0.4) is 0 Å². The predicted molar refractivity (Wildman–Crippen MR) is 117 cm³/mol. The van der Waals surface area contributed by atoms with Crippen LogP contribution in [-0.4, -0.2) is 65.2 Å². The Bertz CT molecular complexity index is 1010. The van der Waals surface area contributed by atoms with Crippen LogP contribution in [-0.2, 0) is 20.8 Å². The van der Waals surface area contributed by atoms with Crippen LogP contribution in [0.2, 0.25) is 0 Å². The van der Waals surface area contributed by atoms with Crippen LogP contribution < -0.4 is 20.7 Å². The molecule has 3 rings (SSSR count). The first-order valence-electron chi connectivity index (χ1n) is 10.4. The van der Waals surface area contributed by atoms with Gasteiger partial charge in [0.05, 0.1) is 24.6 Å². The number of nitrogens with one attached hydrogen (secondary N) is 3. The quantitative estimate of drug-likeness (QED) is 0.430. The van der Waals surface area contributed by atoms with Gasteiger partial charge in [-0.25, -0.2) is 4.79 Å². The topological polar surface area (TPSA) is 154 Å². The van der Waals surface area contributed by atoms with E-state index in [0.29, 0.717) is 6.42 Å². The molecule has 0 unspecified atom stereocenters. The molecule has 5 N–H and O–H groups in total. The van der Waals surface area contributed by atoms with Crippen molar-refractivity contribution in [3.8, 4) is 5.75 Å². The van der Waals surface area contributed by atoms with Crippen LogP contribution in [0.4, 0.5) is 0 Å². The van der Waals surface area contributed by atoms with Crippen molar-refractivity contribution < 1.29 is 34.1 Å². The SMILES string of the molecule is O=C1C[C@@H](C(=O)O)NC(=O)c2ccccc2OC[C@@H](Cc2ccccc2)NC(=O)[C@H](CO)N1. The Balaban J connectivity index is 1.92. The molecule has 174 valence electrons. The summed E-state index contributed by atoms with van der Waals surface area (Å²) in [5.41, 5.74) is 1.02. The number of amides is 3. The van der Waals surface area contributed by atoms with Gasteiger partial charge < -0.3 is 30.9 Å². The Morgan fingerprint density at radius 1 is 0.970 bits per heavy atom. The number of ether oxygens (including phenoxy) is 1. The minimum atomic E-state index is -1.54. The minimum Gasteiger partial charge on any atom is -0.491 e. The van der Waals surface area contributed by atoms with Gasteiger partial charge in [0.25, 0.3) is 5.91 Å². The van der Waals surface area contributed by atoms with Crippen molar-refractivity contribution in [3.05, 3.63) is 65.7 Å². The molecule has 1 aliphatic heterocycles. The number of carboxylic acid groups (broad SMARTS) is 1. The van der Waals surface area contributed by atoms with E-state index in [0.717, 1.165) is 5.56 Å². The van der Waals surface area contributed by atoms with Gasteiger partial charge in [0.2, 0.25) is 11.8 Å². The van der Waals surface area contributed by atoms with E-state index in [1.54, 1.807) is 18.2 Å². The van der Waals surface area contributed by atoms with Gasteiger partial charge in [0.1, 0.15) is 24.4 Å². The summed E-state index contributed by atoms with van der Waals surface area (Å²) in [5.74, 6) is -3.39. The molecule has 0 radical (unpaired) electrons. The van der Waals surface area contributed by atoms with Gasteiger partial charge in [0.15, 0.2) is 0 Å². The number of benzene rings is 2. The van der Waals surface area contributed by atoms with E-state index in [9.17, 15) is 29.4 Å².